The average Bonchev–Trinajstić information content (AvgIpc) is 3.68. The first-order chi connectivity index (χ1) is 19.0. The molecule has 2 aromatic carbocycles. The number of rotatable bonds is 9. The Balaban J connectivity index is 1.32. The molecule has 2 aromatic rings. The molecule has 5 rings (SSSR count). The molecule has 0 radical (unpaired) electrons. The van der Waals surface area contributed by atoms with Crippen LogP contribution < -0.4 is 11.1 Å². The molecule has 0 aromatic heterocycles. The molecule has 10 heteroatoms. The lowest BCUT2D eigenvalue weighted by Crippen LogP contribution is -2.47. The molecule has 9 nitrogen and oxygen atoms in total. The molecule has 0 bridgehead atoms. The highest BCUT2D eigenvalue weighted by atomic mass is 19.1. The standard InChI is InChI=1S/C30H35FN4O5/c1-17(2)26(32)27(37)33-23-10-11-24-21(14-23)12-13-30(24)28(38)35(29(39)40-30)16-25(36)34(18(3)20-6-7-20)15-19-4-8-22(31)9-5-19/h4-5,8-11,14,17-18,20,26H,6-7,12-13,15-16,32H2,1-3H3,(H,33,37)/t18-,26+,30-/m0/s1. The molecule has 3 N–H and O–H groups in total. The van der Waals surface area contributed by atoms with Gasteiger partial charge in [-0.1, -0.05) is 32.0 Å². The Labute approximate surface area is 232 Å². The van der Waals surface area contributed by atoms with E-state index in [4.69, 9.17) is 10.5 Å². The van der Waals surface area contributed by atoms with E-state index in [1.807, 2.05) is 20.8 Å². The van der Waals surface area contributed by atoms with Crippen molar-refractivity contribution in [3.8, 4) is 0 Å². The van der Waals surface area contributed by atoms with Crippen LogP contribution in [0.4, 0.5) is 14.9 Å². The number of anilines is 1. The number of carbonyl (C=O) groups excluding carboxylic acids is 4. The van der Waals surface area contributed by atoms with E-state index in [0.717, 1.165) is 28.9 Å². The summed E-state index contributed by atoms with van der Waals surface area (Å²) in [5, 5.41) is 2.81. The van der Waals surface area contributed by atoms with Crippen LogP contribution in [-0.4, -0.2) is 52.2 Å². The minimum atomic E-state index is -1.49. The number of nitrogens with one attached hydrogen (secondary N) is 1. The summed E-state index contributed by atoms with van der Waals surface area (Å²) in [6.07, 6.45) is 1.87. The molecule has 1 saturated heterocycles. The second kappa shape index (κ2) is 10.6. The Kier molecular flexibility index (Phi) is 7.39. The van der Waals surface area contributed by atoms with Crippen LogP contribution in [0.2, 0.25) is 0 Å². The molecule has 2 aliphatic carbocycles. The van der Waals surface area contributed by atoms with E-state index < -0.39 is 30.2 Å². The molecular formula is C30H35FN4O5. The van der Waals surface area contributed by atoms with E-state index in [1.165, 1.54) is 12.1 Å². The highest BCUT2D eigenvalue weighted by Gasteiger charge is 2.58. The van der Waals surface area contributed by atoms with Crippen LogP contribution in [0, 0.1) is 17.7 Å². The largest absolute Gasteiger partial charge is 0.427 e. The van der Waals surface area contributed by atoms with Gasteiger partial charge in [0.25, 0.3) is 5.91 Å². The van der Waals surface area contributed by atoms with E-state index in [-0.39, 0.29) is 42.6 Å². The number of amides is 4. The molecule has 4 amide bonds. The fourth-order valence-corrected chi connectivity index (χ4v) is 5.56. The van der Waals surface area contributed by atoms with Gasteiger partial charge in [-0.2, -0.15) is 0 Å². The maximum Gasteiger partial charge on any atom is 0.418 e. The molecule has 0 unspecified atom stereocenters. The summed E-state index contributed by atoms with van der Waals surface area (Å²) < 4.78 is 19.1. The SMILES string of the molecule is CC(C)[C@@H](N)C(=O)Nc1ccc2c(c1)CC[C@]21OC(=O)N(CC(=O)N(Cc2ccc(F)cc2)[C@@H](C)C2CC2)C1=O. The van der Waals surface area contributed by atoms with Crippen molar-refractivity contribution >= 4 is 29.5 Å². The lowest BCUT2D eigenvalue weighted by molar-refractivity contribution is -0.143. The highest BCUT2D eigenvalue weighted by Crippen LogP contribution is 2.46. The van der Waals surface area contributed by atoms with Gasteiger partial charge in [-0.15, -0.1) is 0 Å². The van der Waals surface area contributed by atoms with E-state index in [9.17, 15) is 23.6 Å². The fourth-order valence-electron chi connectivity index (χ4n) is 5.56. The van der Waals surface area contributed by atoms with Gasteiger partial charge in [0.2, 0.25) is 17.4 Å². The van der Waals surface area contributed by atoms with E-state index in [1.54, 1.807) is 35.2 Å². The van der Waals surface area contributed by atoms with Crippen LogP contribution >= 0.6 is 0 Å². The summed E-state index contributed by atoms with van der Waals surface area (Å²) >= 11 is 0. The van der Waals surface area contributed by atoms with Gasteiger partial charge in [-0.25, -0.2) is 14.1 Å². The zero-order chi connectivity index (χ0) is 28.8. The third-order valence-electron chi connectivity index (χ3n) is 8.32. The van der Waals surface area contributed by atoms with Gasteiger partial charge in [0.05, 0.1) is 6.04 Å². The van der Waals surface area contributed by atoms with E-state index in [2.05, 4.69) is 5.32 Å². The van der Waals surface area contributed by atoms with Gasteiger partial charge in [0, 0.05) is 30.3 Å². The number of carbonyl (C=O) groups is 4. The Morgan fingerprint density at radius 1 is 1.15 bits per heavy atom. The second-order valence-corrected chi connectivity index (χ2v) is 11.4. The summed E-state index contributed by atoms with van der Waals surface area (Å²) in [4.78, 5) is 55.2. The number of nitrogens with zero attached hydrogens (tertiary/aromatic N) is 2. The number of hydrogen-bond acceptors (Lipinski definition) is 6. The molecule has 212 valence electrons. The zero-order valence-corrected chi connectivity index (χ0v) is 23.0. The number of benzene rings is 2. The monoisotopic (exact) mass is 550 g/mol. The van der Waals surface area contributed by atoms with Gasteiger partial charge in [-0.3, -0.25) is 14.4 Å². The number of imide groups is 1. The predicted molar refractivity (Wildman–Crippen MR) is 145 cm³/mol. The topological polar surface area (TPSA) is 122 Å². The van der Waals surface area contributed by atoms with Gasteiger partial charge < -0.3 is 20.7 Å². The lowest BCUT2D eigenvalue weighted by atomic mass is 9.94. The lowest BCUT2D eigenvalue weighted by Gasteiger charge is -2.30. The number of fused-ring (bicyclic) bond motifs is 2. The molecule has 3 atom stereocenters. The summed E-state index contributed by atoms with van der Waals surface area (Å²) in [7, 11) is 0. The number of ether oxygens (including phenoxy) is 1. The van der Waals surface area contributed by atoms with Crippen molar-refractivity contribution in [2.24, 2.45) is 17.6 Å². The highest BCUT2D eigenvalue weighted by molar-refractivity contribution is 6.06. The third kappa shape index (κ3) is 5.20. The van der Waals surface area contributed by atoms with Crippen LogP contribution in [-0.2, 0) is 37.7 Å². The zero-order valence-electron chi connectivity index (χ0n) is 23.0. The molecule has 1 aliphatic heterocycles. The molecule has 1 heterocycles. The molecule has 2 fully saturated rings. The Morgan fingerprint density at radius 2 is 1.85 bits per heavy atom. The average molecular weight is 551 g/mol. The Morgan fingerprint density at radius 3 is 2.50 bits per heavy atom. The molecule has 1 saturated carbocycles. The van der Waals surface area contributed by atoms with Crippen molar-refractivity contribution in [2.45, 2.75) is 70.7 Å². The van der Waals surface area contributed by atoms with Crippen molar-refractivity contribution in [1.29, 1.82) is 0 Å². The fraction of sp³-hybridized carbons (Fsp3) is 0.467. The van der Waals surface area contributed by atoms with Crippen molar-refractivity contribution in [3.63, 3.8) is 0 Å². The first kappa shape index (κ1) is 27.8. The number of halogens is 1. The summed E-state index contributed by atoms with van der Waals surface area (Å²) in [5.41, 5.74) is 7.10. The minimum absolute atomic E-state index is 0.0270. The Bertz CT molecular complexity index is 1340. The summed E-state index contributed by atoms with van der Waals surface area (Å²) in [5.74, 6) is -1.28. The van der Waals surface area contributed by atoms with Crippen LogP contribution in [0.5, 0.6) is 0 Å². The maximum atomic E-state index is 13.7. The third-order valence-corrected chi connectivity index (χ3v) is 8.32. The summed E-state index contributed by atoms with van der Waals surface area (Å²) in [6.45, 7) is 5.50. The van der Waals surface area contributed by atoms with Gasteiger partial charge in [0.15, 0.2) is 0 Å². The van der Waals surface area contributed by atoms with Gasteiger partial charge in [0.1, 0.15) is 12.4 Å². The van der Waals surface area contributed by atoms with Gasteiger partial charge >= 0.3 is 6.09 Å². The van der Waals surface area contributed by atoms with E-state index in [0.29, 0.717) is 23.6 Å². The van der Waals surface area contributed by atoms with Crippen molar-refractivity contribution in [1.82, 2.24) is 9.80 Å². The predicted octanol–water partition coefficient (Wildman–Crippen LogP) is 3.70. The quantitative estimate of drug-likeness (QED) is 0.491. The molecule has 40 heavy (non-hydrogen) atoms. The summed E-state index contributed by atoms with van der Waals surface area (Å²) in [6, 6.07) is 10.3. The van der Waals surface area contributed by atoms with Crippen molar-refractivity contribution in [3.05, 3.63) is 65.0 Å². The number of hydrogen-bond donors (Lipinski definition) is 2. The Hall–Kier alpha value is -3.79. The van der Waals surface area contributed by atoms with Crippen LogP contribution in [0.1, 0.15) is 56.7 Å². The normalized spacial score (nSPS) is 21.4. The maximum absolute atomic E-state index is 13.7. The van der Waals surface area contributed by atoms with Crippen LogP contribution in [0.15, 0.2) is 42.5 Å². The second-order valence-electron chi connectivity index (χ2n) is 11.4. The van der Waals surface area contributed by atoms with Crippen LogP contribution in [0.25, 0.3) is 0 Å². The van der Waals surface area contributed by atoms with Crippen molar-refractivity contribution < 1.29 is 28.3 Å². The molecule has 1 spiro atoms. The molecular weight excluding hydrogens is 515 g/mol. The number of nitrogens with two attached hydrogens (primary N) is 1. The van der Waals surface area contributed by atoms with Crippen molar-refractivity contribution in [2.75, 3.05) is 11.9 Å². The number of aryl methyl sites for hydroxylation is 1. The smallest absolute Gasteiger partial charge is 0.418 e. The van der Waals surface area contributed by atoms with E-state index >= 15 is 0 Å². The van der Waals surface area contributed by atoms with Gasteiger partial charge in [-0.05, 0) is 73.4 Å². The van der Waals surface area contributed by atoms with Crippen LogP contribution in [0.3, 0.4) is 0 Å². The minimum Gasteiger partial charge on any atom is -0.427 e. The first-order valence-corrected chi connectivity index (χ1v) is 13.8. The first-order valence-electron chi connectivity index (χ1n) is 13.8. The molecule has 3 aliphatic rings.